The fourth-order valence-electron chi connectivity index (χ4n) is 4.44. The lowest BCUT2D eigenvalue weighted by atomic mass is 9.92. The Morgan fingerprint density at radius 1 is 0.900 bits per heavy atom. The lowest BCUT2D eigenvalue weighted by Crippen LogP contribution is -2.32. The normalized spacial score (nSPS) is 15.7. The SMILES string of the molecule is Clc1cccc(Cl)c1CN1CCC(c2cc(-c3cccc4ccccc34)n[nH]2)CC1. The predicted octanol–water partition coefficient (Wildman–Crippen LogP) is 6.92. The van der Waals surface area contributed by atoms with E-state index >= 15 is 0 Å². The highest BCUT2D eigenvalue weighted by Crippen LogP contribution is 2.33. The first-order valence-corrected chi connectivity index (χ1v) is 11.1. The third-order valence-corrected chi connectivity index (χ3v) is 6.84. The number of rotatable bonds is 4. The van der Waals surface area contributed by atoms with Crippen molar-refractivity contribution in [3.63, 3.8) is 0 Å². The van der Waals surface area contributed by atoms with Crippen LogP contribution in [-0.4, -0.2) is 28.2 Å². The standard InChI is InChI=1S/C25H23Cl2N3/c26-22-9-4-10-23(27)21(22)16-30-13-11-18(12-14-30)24-15-25(29-28-24)20-8-3-6-17-5-1-2-7-19(17)20/h1-10,15,18H,11-14,16H2,(H,28,29). The molecule has 1 aromatic heterocycles. The summed E-state index contributed by atoms with van der Waals surface area (Å²) in [7, 11) is 0. The van der Waals surface area contributed by atoms with Crippen molar-refractivity contribution in [2.24, 2.45) is 0 Å². The maximum atomic E-state index is 6.35. The van der Waals surface area contributed by atoms with Gasteiger partial charge in [0.1, 0.15) is 0 Å². The van der Waals surface area contributed by atoms with Gasteiger partial charge in [0.05, 0.1) is 5.69 Å². The van der Waals surface area contributed by atoms with Gasteiger partial charge in [-0.25, -0.2) is 0 Å². The van der Waals surface area contributed by atoms with Gasteiger partial charge in [0.15, 0.2) is 0 Å². The van der Waals surface area contributed by atoms with Gasteiger partial charge in [0, 0.05) is 39.3 Å². The Hall–Kier alpha value is -2.33. The van der Waals surface area contributed by atoms with Gasteiger partial charge in [-0.05, 0) is 54.9 Å². The molecule has 0 radical (unpaired) electrons. The van der Waals surface area contributed by atoms with Crippen molar-refractivity contribution in [3.05, 3.63) is 88.0 Å². The maximum Gasteiger partial charge on any atom is 0.0929 e. The van der Waals surface area contributed by atoms with Crippen LogP contribution < -0.4 is 0 Å². The molecule has 1 N–H and O–H groups in total. The number of nitrogens with zero attached hydrogens (tertiary/aromatic N) is 2. The molecule has 1 aliphatic rings. The smallest absolute Gasteiger partial charge is 0.0929 e. The first kappa shape index (κ1) is 19.6. The summed E-state index contributed by atoms with van der Waals surface area (Å²) in [6.45, 7) is 2.85. The maximum absolute atomic E-state index is 6.35. The van der Waals surface area contributed by atoms with Crippen LogP contribution in [0.25, 0.3) is 22.0 Å². The summed E-state index contributed by atoms with van der Waals surface area (Å²) in [5, 5.41) is 11.9. The fourth-order valence-corrected chi connectivity index (χ4v) is 4.96. The fraction of sp³-hybridized carbons (Fsp3) is 0.240. The Kier molecular flexibility index (Phi) is 5.51. The molecule has 0 unspecified atom stereocenters. The molecule has 30 heavy (non-hydrogen) atoms. The molecule has 3 nitrogen and oxygen atoms in total. The van der Waals surface area contributed by atoms with Crippen molar-refractivity contribution >= 4 is 34.0 Å². The highest BCUT2D eigenvalue weighted by molar-refractivity contribution is 6.35. The Morgan fingerprint density at radius 2 is 1.60 bits per heavy atom. The molecular weight excluding hydrogens is 413 g/mol. The molecule has 0 amide bonds. The van der Waals surface area contributed by atoms with Crippen molar-refractivity contribution in [3.8, 4) is 11.3 Å². The summed E-state index contributed by atoms with van der Waals surface area (Å²) in [5.41, 5.74) is 4.46. The number of benzene rings is 3. The molecule has 5 heteroatoms. The van der Waals surface area contributed by atoms with Gasteiger partial charge < -0.3 is 0 Å². The van der Waals surface area contributed by atoms with Gasteiger partial charge in [-0.2, -0.15) is 5.10 Å². The van der Waals surface area contributed by atoms with E-state index in [1.807, 2.05) is 18.2 Å². The van der Waals surface area contributed by atoms with E-state index in [0.717, 1.165) is 53.8 Å². The quantitative estimate of drug-likeness (QED) is 0.377. The van der Waals surface area contributed by atoms with Crippen LogP contribution in [0.15, 0.2) is 66.7 Å². The van der Waals surface area contributed by atoms with Crippen LogP contribution in [0.3, 0.4) is 0 Å². The lowest BCUT2D eigenvalue weighted by molar-refractivity contribution is 0.203. The number of halogens is 2. The Bertz CT molecular complexity index is 1150. The summed E-state index contributed by atoms with van der Waals surface area (Å²) in [5.74, 6) is 0.499. The van der Waals surface area contributed by atoms with Crippen molar-refractivity contribution < 1.29 is 0 Å². The highest BCUT2D eigenvalue weighted by Gasteiger charge is 2.23. The van der Waals surface area contributed by atoms with Gasteiger partial charge >= 0.3 is 0 Å². The molecule has 0 bridgehead atoms. The van der Waals surface area contributed by atoms with E-state index in [9.17, 15) is 0 Å². The number of piperidine rings is 1. The first-order chi connectivity index (χ1) is 14.7. The number of fused-ring (bicyclic) bond motifs is 1. The second-order valence-corrected chi connectivity index (χ2v) is 8.80. The van der Waals surface area contributed by atoms with Crippen LogP contribution in [-0.2, 0) is 6.54 Å². The van der Waals surface area contributed by atoms with E-state index in [4.69, 9.17) is 23.2 Å². The average molecular weight is 436 g/mol. The summed E-state index contributed by atoms with van der Waals surface area (Å²) in [6.07, 6.45) is 2.19. The monoisotopic (exact) mass is 435 g/mol. The molecular formula is C25H23Cl2N3. The van der Waals surface area contributed by atoms with Gasteiger partial charge in [0.2, 0.25) is 0 Å². The van der Waals surface area contributed by atoms with E-state index in [1.165, 1.54) is 22.0 Å². The van der Waals surface area contributed by atoms with Gasteiger partial charge in [0.25, 0.3) is 0 Å². The average Bonchev–Trinajstić information content (AvgIpc) is 3.26. The number of hydrogen-bond acceptors (Lipinski definition) is 2. The Labute approximate surface area is 186 Å². The van der Waals surface area contributed by atoms with Crippen molar-refractivity contribution in [2.45, 2.75) is 25.3 Å². The minimum atomic E-state index is 0.499. The van der Waals surface area contributed by atoms with E-state index in [-0.39, 0.29) is 0 Å². The molecule has 0 spiro atoms. The van der Waals surface area contributed by atoms with Crippen molar-refractivity contribution in [1.29, 1.82) is 0 Å². The third kappa shape index (κ3) is 3.85. The largest absolute Gasteiger partial charge is 0.299 e. The molecule has 2 heterocycles. The van der Waals surface area contributed by atoms with Gasteiger partial charge in [-0.15, -0.1) is 0 Å². The van der Waals surface area contributed by atoms with Crippen LogP contribution >= 0.6 is 23.2 Å². The minimum absolute atomic E-state index is 0.499. The number of hydrogen-bond donors (Lipinski definition) is 1. The molecule has 0 saturated carbocycles. The molecule has 1 aliphatic heterocycles. The number of likely N-dealkylation sites (tertiary alicyclic amines) is 1. The zero-order valence-electron chi connectivity index (χ0n) is 16.6. The topological polar surface area (TPSA) is 31.9 Å². The number of H-pyrrole nitrogens is 1. The van der Waals surface area contributed by atoms with Crippen LogP contribution in [0.1, 0.15) is 30.0 Å². The van der Waals surface area contributed by atoms with Crippen molar-refractivity contribution in [1.82, 2.24) is 15.1 Å². The van der Waals surface area contributed by atoms with Crippen LogP contribution in [0, 0.1) is 0 Å². The predicted molar refractivity (Wildman–Crippen MR) is 125 cm³/mol. The Balaban J connectivity index is 1.29. The molecule has 0 atom stereocenters. The summed E-state index contributed by atoms with van der Waals surface area (Å²) in [6, 6.07) is 22.8. The second kappa shape index (κ2) is 8.43. The molecule has 1 fully saturated rings. The summed E-state index contributed by atoms with van der Waals surface area (Å²) >= 11 is 12.7. The lowest BCUT2D eigenvalue weighted by Gasteiger charge is -2.31. The van der Waals surface area contributed by atoms with E-state index < -0.39 is 0 Å². The molecule has 152 valence electrons. The molecule has 4 aromatic rings. The van der Waals surface area contributed by atoms with Crippen LogP contribution in [0.4, 0.5) is 0 Å². The van der Waals surface area contributed by atoms with Crippen LogP contribution in [0.2, 0.25) is 10.0 Å². The van der Waals surface area contributed by atoms with E-state index in [0.29, 0.717) is 5.92 Å². The number of aromatic amines is 1. The number of aromatic nitrogens is 2. The molecule has 5 rings (SSSR count). The minimum Gasteiger partial charge on any atom is -0.299 e. The van der Waals surface area contributed by atoms with Gasteiger partial charge in [-0.3, -0.25) is 10.00 Å². The summed E-state index contributed by atoms with van der Waals surface area (Å²) < 4.78 is 0. The summed E-state index contributed by atoms with van der Waals surface area (Å²) in [4.78, 5) is 2.44. The van der Waals surface area contributed by atoms with E-state index in [2.05, 4.69) is 63.6 Å². The first-order valence-electron chi connectivity index (χ1n) is 10.4. The molecule has 0 aliphatic carbocycles. The van der Waals surface area contributed by atoms with Crippen LogP contribution in [0.5, 0.6) is 0 Å². The zero-order valence-corrected chi connectivity index (χ0v) is 18.1. The van der Waals surface area contributed by atoms with E-state index in [1.54, 1.807) is 0 Å². The second-order valence-electron chi connectivity index (χ2n) is 7.99. The third-order valence-electron chi connectivity index (χ3n) is 6.13. The zero-order chi connectivity index (χ0) is 20.5. The number of nitrogens with one attached hydrogen (secondary N) is 1. The van der Waals surface area contributed by atoms with Gasteiger partial charge in [-0.1, -0.05) is 71.7 Å². The molecule has 3 aromatic carbocycles. The molecule has 1 saturated heterocycles. The van der Waals surface area contributed by atoms with Crippen molar-refractivity contribution in [2.75, 3.05) is 13.1 Å². The highest BCUT2D eigenvalue weighted by atomic mass is 35.5. The Morgan fingerprint density at radius 3 is 2.40 bits per heavy atom.